The van der Waals surface area contributed by atoms with E-state index in [9.17, 15) is 0 Å². The smallest absolute Gasteiger partial charge is 0.0522 e. The van der Waals surface area contributed by atoms with Crippen LogP contribution in [0.1, 0.15) is 35.2 Å². The molecule has 0 fully saturated rings. The lowest BCUT2D eigenvalue weighted by molar-refractivity contribution is 0.590. The molecule has 1 unspecified atom stereocenters. The van der Waals surface area contributed by atoms with Crippen LogP contribution in [0.15, 0.2) is 29.0 Å². The fourth-order valence-corrected chi connectivity index (χ4v) is 2.72. The fourth-order valence-electron chi connectivity index (χ4n) is 2.49. The molecule has 0 aliphatic rings. The molecule has 0 radical (unpaired) electrons. The maximum absolute atomic E-state index is 4.35. The Hall–Kier alpha value is -1.13. The molecule has 1 aromatic heterocycles. The van der Waals surface area contributed by atoms with Crippen LogP contribution in [-0.2, 0) is 13.0 Å². The van der Waals surface area contributed by atoms with Crippen LogP contribution in [-0.4, -0.2) is 16.8 Å². The maximum atomic E-state index is 4.35. The third-order valence-electron chi connectivity index (χ3n) is 3.66. The van der Waals surface area contributed by atoms with Gasteiger partial charge in [0, 0.05) is 23.3 Å². The average Bonchev–Trinajstić information content (AvgIpc) is 2.89. The average molecular weight is 336 g/mol. The largest absolute Gasteiger partial charge is 0.313 e. The Kier molecular flexibility index (Phi) is 5.00. The standard InChI is InChI=1S/C16H22BrN3/c1-5-20-10-13(9-19-20)8-15(18-4)14-6-11(2)16(17)12(3)7-14/h6-7,9-10,15,18H,5,8H2,1-4H3. The Morgan fingerprint density at radius 1 is 1.30 bits per heavy atom. The third-order valence-corrected chi connectivity index (χ3v) is 4.91. The van der Waals surface area contributed by atoms with Crippen molar-refractivity contribution in [2.24, 2.45) is 0 Å². The van der Waals surface area contributed by atoms with Crippen LogP contribution >= 0.6 is 15.9 Å². The van der Waals surface area contributed by atoms with Crippen molar-refractivity contribution in [2.75, 3.05) is 7.05 Å². The van der Waals surface area contributed by atoms with Crippen LogP contribution in [0.4, 0.5) is 0 Å². The van der Waals surface area contributed by atoms with Crippen LogP contribution in [0.3, 0.4) is 0 Å². The zero-order valence-corrected chi connectivity index (χ0v) is 14.2. The summed E-state index contributed by atoms with van der Waals surface area (Å²) in [5.41, 5.74) is 5.16. The minimum atomic E-state index is 0.315. The number of benzene rings is 1. The normalized spacial score (nSPS) is 12.7. The van der Waals surface area contributed by atoms with E-state index in [0.29, 0.717) is 6.04 Å². The first-order chi connectivity index (χ1) is 9.55. The minimum Gasteiger partial charge on any atom is -0.313 e. The first-order valence-corrected chi connectivity index (χ1v) is 7.79. The summed E-state index contributed by atoms with van der Waals surface area (Å²) in [6.45, 7) is 7.30. The zero-order valence-electron chi connectivity index (χ0n) is 12.6. The van der Waals surface area contributed by atoms with E-state index in [1.54, 1.807) is 0 Å². The lowest BCUT2D eigenvalue weighted by Crippen LogP contribution is -2.19. The van der Waals surface area contributed by atoms with Gasteiger partial charge in [-0.05, 0) is 56.5 Å². The Bertz CT molecular complexity index is 566. The molecule has 0 spiro atoms. The molecule has 1 atom stereocenters. The van der Waals surface area contributed by atoms with Gasteiger partial charge in [-0.2, -0.15) is 5.10 Å². The van der Waals surface area contributed by atoms with Gasteiger partial charge in [0.25, 0.3) is 0 Å². The van der Waals surface area contributed by atoms with Gasteiger partial charge in [-0.15, -0.1) is 0 Å². The molecule has 3 nitrogen and oxygen atoms in total. The van der Waals surface area contributed by atoms with Crippen molar-refractivity contribution in [3.63, 3.8) is 0 Å². The molecule has 2 rings (SSSR count). The van der Waals surface area contributed by atoms with E-state index in [-0.39, 0.29) is 0 Å². The summed E-state index contributed by atoms with van der Waals surface area (Å²) in [4.78, 5) is 0. The summed E-state index contributed by atoms with van der Waals surface area (Å²) in [5, 5.41) is 7.76. The summed E-state index contributed by atoms with van der Waals surface area (Å²) in [6, 6.07) is 4.82. The van der Waals surface area contributed by atoms with Gasteiger partial charge in [0.15, 0.2) is 0 Å². The van der Waals surface area contributed by atoms with Crippen LogP contribution in [0, 0.1) is 13.8 Å². The Morgan fingerprint density at radius 3 is 2.45 bits per heavy atom. The molecule has 20 heavy (non-hydrogen) atoms. The maximum Gasteiger partial charge on any atom is 0.0522 e. The van der Waals surface area contributed by atoms with E-state index in [4.69, 9.17) is 0 Å². The first kappa shape index (κ1) is 15.3. The number of aryl methyl sites for hydroxylation is 3. The molecule has 0 bridgehead atoms. The first-order valence-electron chi connectivity index (χ1n) is 7.00. The number of halogens is 1. The second-order valence-corrected chi connectivity index (χ2v) is 6.01. The summed E-state index contributed by atoms with van der Waals surface area (Å²) < 4.78 is 3.18. The van der Waals surface area contributed by atoms with Gasteiger partial charge >= 0.3 is 0 Å². The summed E-state index contributed by atoms with van der Waals surface area (Å²) in [5.74, 6) is 0. The Labute approximate surface area is 129 Å². The molecule has 1 heterocycles. The number of aromatic nitrogens is 2. The van der Waals surface area contributed by atoms with Gasteiger partial charge in [0.05, 0.1) is 6.20 Å². The van der Waals surface area contributed by atoms with E-state index in [1.165, 1.54) is 26.7 Å². The summed E-state index contributed by atoms with van der Waals surface area (Å²) in [7, 11) is 2.02. The molecule has 108 valence electrons. The quantitative estimate of drug-likeness (QED) is 0.900. The lowest BCUT2D eigenvalue weighted by Gasteiger charge is -2.18. The zero-order chi connectivity index (χ0) is 14.7. The molecule has 1 N–H and O–H groups in total. The number of likely N-dealkylation sites (N-methyl/N-ethyl adjacent to an activating group) is 1. The van der Waals surface area contributed by atoms with Crippen molar-refractivity contribution >= 4 is 15.9 Å². The van der Waals surface area contributed by atoms with Crippen molar-refractivity contribution < 1.29 is 0 Å². The van der Waals surface area contributed by atoms with E-state index >= 15 is 0 Å². The van der Waals surface area contributed by atoms with Crippen molar-refractivity contribution in [1.29, 1.82) is 0 Å². The SMILES string of the molecule is CCn1cc(CC(NC)c2cc(C)c(Br)c(C)c2)cn1. The van der Waals surface area contributed by atoms with Crippen LogP contribution in [0.25, 0.3) is 0 Å². The monoisotopic (exact) mass is 335 g/mol. The molecule has 0 saturated heterocycles. The van der Waals surface area contributed by atoms with E-state index in [1.807, 2.05) is 17.9 Å². The topological polar surface area (TPSA) is 29.9 Å². The van der Waals surface area contributed by atoms with Crippen molar-refractivity contribution in [3.8, 4) is 0 Å². The second-order valence-electron chi connectivity index (χ2n) is 5.22. The van der Waals surface area contributed by atoms with Crippen molar-refractivity contribution in [2.45, 2.75) is 39.8 Å². The highest BCUT2D eigenvalue weighted by Crippen LogP contribution is 2.27. The van der Waals surface area contributed by atoms with Gasteiger partial charge in [-0.25, -0.2) is 0 Å². The van der Waals surface area contributed by atoms with Gasteiger partial charge < -0.3 is 5.32 Å². The second kappa shape index (κ2) is 6.55. The number of nitrogens with one attached hydrogen (secondary N) is 1. The van der Waals surface area contributed by atoms with Gasteiger partial charge in [0.1, 0.15) is 0 Å². The summed E-state index contributed by atoms with van der Waals surface area (Å²) >= 11 is 3.63. The number of nitrogens with zero attached hydrogens (tertiary/aromatic N) is 2. The highest BCUT2D eigenvalue weighted by Gasteiger charge is 2.13. The molecule has 0 aliphatic heterocycles. The highest BCUT2D eigenvalue weighted by atomic mass is 79.9. The predicted molar refractivity (Wildman–Crippen MR) is 87.0 cm³/mol. The minimum absolute atomic E-state index is 0.315. The number of hydrogen-bond donors (Lipinski definition) is 1. The predicted octanol–water partition coefficient (Wildman–Crippen LogP) is 3.79. The van der Waals surface area contributed by atoms with Crippen LogP contribution in [0.2, 0.25) is 0 Å². The number of hydrogen-bond acceptors (Lipinski definition) is 2. The van der Waals surface area contributed by atoms with E-state index < -0.39 is 0 Å². The fraction of sp³-hybridized carbons (Fsp3) is 0.438. The number of rotatable bonds is 5. The van der Waals surface area contributed by atoms with Crippen LogP contribution < -0.4 is 5.32 Å². The van der Waals surface area contributed by atoms with Crippen molar-refractivity contribution in [1.82, 2.24) is 15.1 Å². The van der Waals surface area contributed by atoms with E-state index in [0.717, 1.165) is 13.0 Å². The molecule has 1 aromatic carbocycles. The van der Waals surface area contributed by atoms with Gasteiger partial charge in [-0.3, -0.25) is 4.68 Å². The highest BCUT2D eigenvalue weighted by molar-refractivity contribution is 9.10. The van der Waals surface area contributed by atoms with Gasteiger partial charge in [0.2, 0.25) is 0 Å². The molecular formula is C16H22BrN3. The summed E-state index contributed by atoms with van der Waals surface area (Å²) in [6.07, 6.45) is 5.05. The molecule has 0 aliphatic carbocycles. The van der Waals surface area contributed by atoms with Gasteiger partial charge in [-0.1, -0.05) is 28.1 Å². The Balaban J connectivity index is 2.23. The van der Waals surface area contributed by atoms with E-state index in [2.05, 4.69) is 65.4 Å². The molecule has 0 amide bonds. The molecule has 2 aromatic rings. The third kappa shape index (κ3) is 3.30. The lowest BCUT2D eigenvalue weighted by atomic mass is 9.97. The molecule has 4 heteroatoms. The van der Waals surface area contributed by atoms with Crippen molar-refractivity contribution in [3.05, 3.63) is 51.3 Å². The Morgan fingerprint density at radius 2 is 1.95 bits per heavy atom. The van der Waals surface area contributed by atoms with Crippen LogP contribution in [0.5, 0.6) is 0 Å². The molecule has 0 saturated carbocycles. The molecular weight excluding hydrogens is 314 g/mol.